The van der Waals surface area contributed by atoms with Crippen LogP contribution >= 0.6 is 0 Å². The minimum atomic E-state index is -0.137. The van der Waals surface area contributed by atoms with Crippen LogP contribution in [-0.2, 0) is 5.41 Å². The van der Waals surface area contributed by atoms with Gasteiger partial charge in [-0.3, -0.25) is 0 Å². The molecule has 0 saturated heterocycles. The molecule has 1 aliphatic heterocycles. The summed E-state index contributed by atoms with van der Waals surface area (Å²) in [5.74, 6) is 1.69. The number of rotatable bonds is 4. The molecule has 1 heterocycles. The molecule has 0 atom stereocenters. The lowest BCUT2D eigenvalue weighted by Crippen LogP contribution is -2.16. The van der Waals surface area contributed by atoms with Crippen LogP contribution in [0.3, 0.4) is 0 Å². The van der Waals surface area contributed by atoms with E-state index in [0.717, 1.165) is 61.9 Å². The van der Waals surface area contributed by atoms with Crippen molar-refractivity contribution >= 4 is 38.6 Å². The molecule has 55 heavy (non-hydrogen) atoms. The average molecular weight is 704 g/mol. The highest BCUT2D eigenvalue weighted by Gasteiger charge is 2.36. The molecule has 0 radical (unpaired) electrons. The molecule has 0 fully saturated rings. The van der Waals surface area contributed by atoms with E-state index < -0.39 is 0 Å². The summed E-state index contributed by atoms with van der Waals surface area (Å²) in [4.78, 5) is 2.38. The van der Waals surface area contributed by atoms with Gasteiger partial charge in [0, 0.05) is 33.5 Å². The maximum absolute atomic E-state index is 7.51. The van der Waals surface area contributed by atoms with Crippen molar-refractivity contribution < 1.29 is 4.74 Å². The normalized spacial score (nSPS) is 13.2. The SMILES string of the molecule is CC1(C)c2ccccc2-c2ccc(N(c3ccccc3)c3cccc4c3Oc3c(-c5ccc6ccccc6c5)cccc3-c3cc5ccccc5cc3-4)cc21. The summed E-state index contributed by atoms with van der Waals surface area (Å²) in [6.07, 6.45) is 0. The Labute approximate surface area is 321 Å². The second-order valence-electron chi connectivity index (χ2n) is 15.3. The monoisotopic (exact) mass is 703 g/mol. The molecular weight excluding hydrogens is 667 g/mol. The first-order valence-corrected chi connectivity index (χ1v) is 19.1. The molecule has 11 rings (SSSR count). The first-order valence-electron chi connectivity index (χ1n) is 19.1. The molecule has 2 nitrogen and oxygen atoms in total. The van der Waals surface area contributed by atoms with E-state index in [-0.39, 0.29) is 5.41 Å². The average Bonchev–Trinajstić information content (AvgIpc) is 3.36. The van der Waals surface area contributed by atoms with Gasteiger partial charge in [-0.1, -0.05) is 153 Å². The van der Waals surface area contributed by atoms with Gasteiger partial charge in [0.05, 0.1) is 5.69 Å². The first-order chi connectivity index (χ1) is 27.0. The fourth-order valence-corrected chi connectivity index (χ4v) is 9.09. The lowest BCUT2D eigenvalue weighted by Gasteiger charge is -2.30. The van der Waals surface area contributed by atoms with Crippen molar-refractivity contribution in [3.63, 3.8) is 0 Å². The Hall–Kier alpha value is -6.90. The molecule has 0 bridgehead atoms. The molecule has 9 aromatic carbocycles. The van der Waals surface area contributed by atoms with Crippen LogP contribution in [0.15, 0.2) is 188 Å². The predicted molar refractivity (Wildman–Crippen MR) is 230 cm³/mol. The van der Waals surface area contributed by atoms with Crippen molar-refractivity contribution in [2.75, 3.05) is 4.90 Å². The maximum atomic E-state index is 7.51. The Morgan fingerprint density at radius 1 is 0.364 bits per heavy atom. The van der Waals surface area contributed by atoms with Crippen LogP contribution < -0.4 is 9.64 Å². The van der Waals surface area contributed by atoms with E-state index in [1.165, 1.54) is 43.8 Å². The summed E-state index contributed by atoms with van der Waals surface area (Å²) in [6.45, 7) is 4.69. The number of nitrogens with zero attached hydrogens (tertiary/aromatic N) is 1. The van der Waals surface area contributed by atoms with Crippen LogP contribution in [0.5, 0.6) is 11.5 Å². The number of benzene rings is 9. The zero-order chi connectivity index (χ0) is 36.7. The highest BCUT2D eigenvalue weighted by atomic mass is 16.5. The van der Waals surface area contributed by atoms with E-state index in [1.807, 2.05) is 0 Å². The third-order valence-electron chi connectivity index (χ3n) is 11.8. The lowest BCUT2D eigenvalue weighted by molar-refractivity contribution is 0.490. The van der Waals surface area contributed by atoms with Crippen LogP contribution in [-0.4, -0.2) is 0 Å². The second-order valence-corrected chi connectivity index (χ2v) is 15.3. The predicted octanol–water partition coefficient (Wildman–Crippen LogP) is 14.9. The molecule has 1 aliphatic carbocycles. The number of ether oxygens (including phenoxy) is 1. The van der Waals surface area contributed by atoms with Gasteiger partial charge < -0.3 is 9.64 Å². The van der Waals surface area contributed by atoms with Crippen LogP contribution in [0, 0.1) is 0 Å². The topological polar surface area (TPSA) is 12.5 Å². The highest BCUT2D eigenvalue weighted by molar-refractivity contribution is 6.03. The van der Waals surface area contributed by atoms with Crippen molar-refractivity contribution in [2.24, 2.45) is 0 Å². The Morgan fingerprint density at radius 3 is 1.71 bits per heavy atom. The quantitative estimate of drug-likeness (QED) is 0.181. The van der Waals surface area contributed by atoms with Crippen molar-refractivity contribution in [1.29, 1.82) is 0 Å². The minimum Gasteiger partial charge on any atom is -0.453 e. The molecule has 0 N–H and O–H groups in total. The third kappa shape index (κ3) is 4.88. The Morgan fingerprint density at radius 2 is 0.945 bits per heavy atom. The van der Waals surface area contributed by atoms with Gasteiger partial charge in [-0.05, 0) is 109 Å². The largest absolute Gasteiger partial charge is 0.453 e. The van der Waals surface area contributed by atoms with Crippen LogP contribution in [0.1, 0.15) is 25.0 Å². The van der Waals surface area contributed by atoms with Gasteiger partial charge in [0.2, 0.25) is 0 Å². The summed E-state index contributed by atoms with van der Waals surface area (Å²) >= 11 is 0. The Bertz CT molecular complexity index is 2990. The van der Waals surface area contributed by atoms with Crippen molar-refractivity contribution in [3.05, 3.63) is 199 Å². The third-order valence-corrected chi connectivity index (χ3v) is 11.8. The van der Waals surface area contributed by atoms with E-state index in [2.05, 4.69) is 207 Å². The van der Waals surface area contributed by atoms with E-state index in [9.17, 15) is 0 Å². The van der Waals surface area contributed by atoms with Gasteiger partial charge in [0.25, 0.3) is 0 Å². The van der Waals surface area contributed by atoms with Gasteiger partial charge in [-0.25, -0.2) is 0 Å². The van der Waals surface area contributed by atoms with E-state index in [4.69, 9.17) is 4.74 Å². The van der Waals surface area contributed by atoms with Gasteiger partial charge in [0.15, 0.2) is 5.75 Å². The molecule has 0 unspecified atom stereocenters. The summed E-state index contributed by atoms with van der Waals surface area (Å²) < 4.78 is 7.51. The standard InChI is InChI=1S/C53H37NO/c1-53(2)48-24-11-10-20-42(48)43-29-28-40(33-49(43)53)54(39-18-4-3-5-19-39)50-25-13-23-45-47-32-37-17-9-8-16-36(37)31-46(47)44-22-12-21-41(51(44)55-52(45)50)38-27-26-34-14-6-7-15-35(34)30-38/h3-33H,1-2H3. The molecule has 0 amide bonds. The smallest absolute Gasteiger partial charge is 0.159 e. The van der Waals surface area contributed by atoms with Crippen LogP contribution in [0.2, 0.25) is 0 Å². The second kappa shape index (κ2) is 12.1. The molecule has 260 valence electrons. The van der Waals surface area contributed by atoms with Crippen molar-refractivity contribution in [1.82, 2.24) is 0 Å². The number of fused-ring (bicyclic) bond motifs is 10. The lowest BCUT2D eigenvalue weighted by atomic mass is 9.82. The highest BCUT2D eigenvalue weighted by Crippen LogP contribution is 2.56. The van der Waals surface area contributed by atoms with Crippen LogP contribution in [0.4, 0.5) is 17.1 Å². The molecular formula is C53H37NO. The van der Waals surface area contributed by atoms with Gasteiger partial charge in [0.1, 0.15) is 5.75 Å². The van der Waals surface area contributed by atoms with Crippen molar-refractivity contribution in [2.45, 2.75) is 19.3 Å². The van der Waals surface area contributed by atoms with Gasteiger partial charge >= 0.3 is 0 Å². The fraction of sp³-hybridized carbons (Fsp3) is 0.0566. The summed E-state index contributed by atoms with van der Waals surface area (Å²) in [7, 11) is 0. The first kappa shape index (κ1) is 31.6. The van der Waals surface area contributed by atoms with Gasteiger partial charge in [-0.2, -0.15) is 0 Å². The maximum Gasteiger partial charge on any atom is 0.159 e. The molecule has 0 saturated carbocycles. The van der Waals surface area contributed by atoms with E-state index >= 15 is 0 Å². The van der Waals surface area contributed by atoms with Crippen molar-refractivity contribution in [3.8, 4) is 56.0 Å². The van der Waals surface area contributed by atoms with E-state index in [0.29, 0.717) is 0 Å². The summed E-state index contributed by atoms with van der Waals surface area (Å²) in [5.41, 5.74) is 15.0. The summed E-state index contributed by atoms with van der Waals surface area (Å²) in [5, 5.41) is 4.83. The number of para-hydroxylation sites is 3. The molecule has 0 aromatic heterocycles. The number of hydrogen-bond acceptors (Lipinski definition) is 2. The zero-order valence-corrected chi connectivity index (χ0v) is 30.8. The number of hydrogen-bond donors (Lipinski definition) is 0. The van der Waals surface area contributed by atoms with Crippen LogP contribution in [0.25, 0.3) is 66.1 Å². The fourth-order valence-electron chi connectivity index (χ4n) is 9.09. The van der Waals surface area contributed by atoms with Gasteiger partial charge in [-0.15, -0.1) is 0 Å². The molecule has 2 heteroatoms. The molecule has 9 aromatic rings. The zero-order valence-electron chi connectivity index (χ0n) is 30.8. The minimum absolute atomic E-state index is 0.137. The Balaban J connectivity index is 1.18. The Kier molecular flexibility index (Phi) is 6.93. The summed E-state index contributed by atoms with van der Waals surface area (Å²) in [6, 6.07) is 68.3. The van der Waals surface area contributed by atoms with E-state index in [1.54, 1.807) is 0 Å². The molecule has 0 spiro atoms. The molecule has 2 aliphatic rings. The number of anilines is 3.